The van der Waals surface area contributed by atoms with Gasteiger partial charge in [-0.05, 0) is 96.1 Å². The molecule has 322 valence electrons. The summed E-state index contributed by atoms with van der Waals surface area (Å²) < 4.78 is 97.8. The van der Waals surface area contributed by atoms with Crippen molar-refractivity contribution < 1.29 is 55.0 Å². The van der Waals surface area contributed by atoms with Crippen LogP contribution in [0.3, 0.4) is 0 Å². The first-order chi connectivity index (χ1) is 29.6. The fourth-order valence-corrected chi connectivity index (χ4v) is 6.53. The molecule has 10 nitrogen and oxygen atoms in total. The molecule has 1 unspecified atom stereocenters. The summed E-state index contributed by atoms with van der Waals surface area (Å²) in [5, 5.41) is 4.81. The van der Waals surface area contributed by atoms with Gasteiger partial charge in [-0.2, -0.15) is 0 Å². The Balaban J connectivity index is 1.55. The molecule has 4 amide bonds. The zero-order valence-electron chi connectivity index (χ0n) is 33.4. The monoisotopic (exact) mass is 858 g/mol. The van der Waals surface area contributed by atoms with Gasteiger partial charge in [0.15, 0.2) is 11.6 Å². The molecule has 0 aliphatic rings. The average molecular weight is 859 g/mol. The van der Waals surface area contributed by atoms with Crippen molar-refractivity contribution in [2.24, 2.45) is 0 Å². The Morgan fingerprint density at radius 2 is 0.871 bits per heavy atom. The van der Waals surface area contributed by atoms with Gasteiger partial charge in [-0.25, -0.2) is 26.3 Å². The van der Waals surface area contributed by atoms with Gasteiger partial charge in [-0.1, -0.05) is 12.2 Å². The van der Waals surface area contributed by atoms with Crippen molar-refractivity contribution in [1.82, 2.24) is 10.6 Å². The van der Waals surface area contributed by atoms with E-state index in [2.05, 4.69) is 23.8 Å². The number of carbonyl (C=O) groups is 4. The summed E-state index contributed by atoms with van der Waals surface area (Å²) in [6.07, 6.45) is 1.70. The smallest absolute Gasteiger partial charge is 0.252 e. The van der Waals surface area contributed by atoms with Crippen molar-refractivity contribution in [2.45, 2.75) is 24.9 Å². The quantitative estimate of drug-likeness (QED) is 0.0691. The van der Waals surface area contributed by atoms with E-state index in [4.69, 9.17) is 9.47 Å². The van der Waals surface area contributed by atoms with Crippen molar-refractivity contribution in [3.05, 3.63) is 180 Å². The molecule has 2 N–H and O–H groups in total. The third-order valence-electron chi connectivity index (χ3n) is 9.40. The number of methoxy groups -OCH3 is 2. The lowest BCUT2D eigenvalue weighted by molar-refractivity contribution is -0.121. The van der Waals surface area contributed by atoms with E-state index in [0.717, 1.165) is 24.3 Å². The Labute approximate surface area is 353 Å². The molecule has 2 atom stereocenters. The van der Waals surface area contributed by atoms with E-state index in [1.54, 1.807) is 24.3 Å². The van der Waals surface area contributed by atoms with Gasteiger partial charge < -0.3 is 29.9 Å². The molecule has 0 saturated carbocycles. The zero-order chi connectivity index (χ0) is 45.1. The molecule has 0 saturated heterocycles. The molecule has 0 radical (unpaired) electrons. The summed E-state index contributed by atoms with van der Waals surface area (Å²) in [5.74, 6) is -10.5. The molecule has 0 fully saturated rings. The maximum Gasteiger partial charge on any atom is 0.252 e. The molecular weight excluding hydrogens is 819 g/mol. The number of hydrogen-bond acceptors (Lipinski definition) is 6. The fraction of sp³-hybridized carbons (Fsp3) is 0.174. The number of ether oxygens (including phenoxy) is 2. The Bertz CT molecular complexity index is 2260. The second kappa shape index (κ2) is 20.7. The molecule has 0 aromatic heterocycles. The van der Waals surface area contributed by atoms with Crippen LogP contribution in [0.1, 0.15) is 31.8 Å². The van der Waals surface area contributed by atoms with Crippen molar-refractivity contribution in [3.63, 3.8) is 0 Å². The summed E-state index contributed by atoms with van der Waals surface area (Å²) in [6.45, 7) is 7.11. The standard InChI is InChI=1S/C46H40F6N4O6/c1-5-15-55(33-7-11-35(61-3)12-8-33)45(59)41(21-27-17-29(47)23-30(48)18-27)53-43(57)37-25-39(51)40(52)26-38(37)44(58)54-42(22-28-19-31(49)24-32(50)20-28)46(60)56(16-6-2)34-9-13-36(62-4)14-10-34/h5-14,17-20,23-26,41-42H,1-2,15-16,21-22H2,3-4H3,(H,53,57)(H,54,58)/t41-,42?/m0/s1. The van der Waals surface area contributed by atoms with Crippen molar-refractivity contribution in [2.75, 3.05) is 37.1 Å². The van der Waals surface area contributed by atoms with Crippen LogP contribution < -0.4 is 29.9 Å². The molecule has 5 aromatic carbocycles. The molecule has 0 aliphatic heterocycles. The van der Waals surface area contributed by atoms with Gasteiger partial charge in [0.25, 0.3) is 11.8 Å². The number of benzene rings is 5. The SMILES string of the molecule is C=CCN(C(=O)C(Cc1cc(F)cc(F)c1)NC(=O)c1cc(F)c(F)cc1C(=O)N[C@@H](Cc1cc(F)cc(F)c1)C(=O)N(CC=C)c1ccc(OC)cc1)c1ccc(OC)cc1. The highest BCUT2D eigenvalue weighted by molar-refractivity contribution is 6.10. The zero-order valence-corrected chi connectivity index (χ0v) is 33.4. The van der Waals surface area contributed by atoms with Crippen LogP contribution in [-0.2, 0) is 22.4 Å². The highest BCUT2D eigenvalue weighted by atomic mass is 19.2. The summed E-state index contributed by atoms with van der Waals surface area (Å²) in [5.41, 5.74) is -1.19. The Morgan fingerprint density at radius 1 is 0.548 bits per heavy atom. The second-order valence-corrected chi connectivity index (χ2v) is 13.7. The van der Waals surface area contributed by atoms with Gasteiger partial charge in [0.1, 0.15) is 46.9 Å². The Hall–Kier alpha value is -7.36. The molecule has 0 bridgehead atoms. The Morgan fingerprint density at radius 3 is 1.16 bits per heavy atom. The van der Waals surface area contributed by atoms with Crippen LogP contribution in [0.25, 0.3) is 0 Å². The summed E-state index contributed by atoms with van der Waals surface area (Å²) in [7, 11) is 2.86. The predicted molar refractivity (Wildman–Crippen MR) is 220 cm³/mol. The van der Waals surface area contributed by atoms with Gasteiger partial charge in [0.05, 0.1) is 25.3 Å². The summed E-state index contributed by atoms with van der Waals surface area (Å²) in [6, 6.07) is 14.7. The van der Waals surface area contributed by atoms with E-state index < -0.39 is 94.6 Å². The van der Waals surface area contributed by atoms with Gasteiger partial charge in [0, 0.05) is 49.4 Å². The number of amides is 4. The number of rotatable bonds is 18. The second-order valence-electron chi connectivity index (χ2n) is 13.7. The van der Waals surface area contributed by atoms with Crippen LogP contribution in [0.5, 0.6) is 11.5 Å². The van der Waals surface area contributed by atoms with Crippen LogP contribution >= 0.6 is 0 Å². The average Bonchev–Trinajstić information content (AvgIpc) is 3.24. The molecule has 5 rings (SSSR count). The first-order valence-electron chi connectivity index (χ1n) is 18.8. The van der Waals surface area contributed by atoms with E-state index >= 15 is 0 Å². The third-order valence-corrected chi connectivity index (χ3v) is 9.40. The fourth-order valence-electron chi connectivity index (χ4n) is 6.53. The number of nitrogens with zero attached hydrogens (tertiary/aromatic N) is 2. The number of hydrogen-bond donors (Lipinski definition) is 2. The highest BCUT2D eigenvalue weighted by Gasteiger charge is 2.33. The number of halogens is 6. The summed E-state index contributed by atoms with van der Waals surface area (Å²) in [4.78, 5) is 59.3. The molecule has 5 aromatic rings. The number of anilines is 2. The molecule has 62 heavy (non-hydrogen) atoms. The van der Waals surface area contributed by atoms with Crippen molar-refractivity contribution in [3.8, 4) is 11.5 Å². The highest BCUT2D eigenvalue weighted by Crippen LogP contribution is 2.25. The van der Waals surface area contributed by atoms with Gasteiger partial charge in [0.2, 0.25) is 11.8 Å². The van der Waals surface area contributed by atoms with E-state index in [1.807, 2.05) is 0 Å². The van der Waals surface area contributed by atoms with E-state index in [9.17, 15) is 45.5 Å². The number of carbonyl (C=O) groups excluding carboxylic acids is 4. The molecule has 16 heteroatoms. The van der Waals surface area contributed by atoms with Crippen LogP contribution in [-0.4, -0.2) is 63.0 Å². The van der Waals surface area contributed by atoms with Crippen LogP contribution in [0.2, 0.25) is 0 Å². The minimum atomic E-state index is -1.66. The lowest BCUT2D eigenvalue weighted by Crippen LogP contribution is -2.51. The summed E-state index contributed by atoms with van der Waals surface area (Å²) >= 11 is 0. The maximum absolute atomic E-state index is 15.0. The van der Waals surface area contributed by atoms with E-state index in [0.29, 0.717) is 47.1 Å². The lowest BCUT2D eigenvalue weighted by atomic mass is 10.00. The normalized spacial score (nSPS) is 11.7. The lowest BCUT2D eigenvalue weighted by Gasteiger charge is -2.28. The minimum Gasteiger partial charge on any atom is -0.497 e. The van der Waals surface area contributed by atoms with E-state index in [-0.39, 0.29) is 24.2 Å². The van der Waals surface area contributed by atoms with Gasteiger partial charge >= 0.3 is 0 Å². The molecule has 0 spiro atoms. The van der Waals surface area contributed by atoms with Gasteiger partial charge in [-0.15, -0.1) is 13.2 Å². The molecular formula is C46H40F6N4O6. The van der Waals surface area contributed by atoms with Crippen LogP contribution in [0, 0.1) is 34.9 Å². The van der Waals surface area contributed by atoms with E-state index in [1.165, 1.54) is 60.4 Å². The first kappa shape index (κ1) is 45.7. The minimum absolute atomic E-state index is 0.0752. The maximum atomic E-state index is 15.0. The molecule has 0 aliphatic carbocycles. The van der Waals surface area contributed by atoms with Crippen molar-refractivity contribution in [1.29, 1.82) is 0 Å². The van der Waals surface area contributed by atoms with Crippen LogP contribution in [0.4, 0.5) is 37.7 Å². The molecule has 0 heterocycles. The topological polar surface area (TPSA) is 117 Å². The first-order valence-corrected chi connectivity index (χ1v) is 18.8. The largest absolute Gasteiger partial charge is 0.497 e. The number of nitrogens with one attached hydrogen (secondary N) is 2. The Kier molecular flexibility index (Phi) is 15.3. The van der Waals surface area contributed by atoms with Gasteiger partial charge in [-0.3, -0.25) is 19.2 Å². The third kappa shape index (κ3) is 11.5. The van der Waals surface area contributed by atoms with Crippen molar-refractivity contribution >= 4 is 35.0 Å². The predicted octanol–water partition coefficient (Wildman–Crippen LogP) is 7.66. The van der Waals surface area contributed by atoms with Crippen LogP contribution in [0.15, 0.2) is 122 Å².